The molecule has 0 saturated carbocycles. The Labute approximate surface area is 122 Å². The number of nitrogens with two attached hydrogens (primary N) is 1. The van der Waals surface area contributed by atoms with Crippen LogP contribution >= 0.6 is 0 Å². The predicted molar refractivity (Wildman–Crippen MR) is 80.4 cm³/mol. The van der Waals surface area contributed by atoms with Gasteiger partial charge >= 0.3 is 0 Å². The molecule has 0 aliphatic carbocycles. The third-order valence-corrected chi connectivity index (χ3v) is 3.48. The van der Waals surface area contributed by atoms with Gasteiger partial charge in [0.2, 0.25) is 5.82 Å². The lowest BCUT2D eigenvalue weighted by Gasteiger charge is -2.04. The van der Waals surface area contributed by atoms with Crippen LogP contribution in [0.5, 0.6) is 0 Å². The standard InChI is InChI=1S/C15H17N5O/c1-9(2)10-4-6-11(7-5-10)14-18-15(21-19-14)12-8-17-20(3)13(12)16/h4-9H,16H2,1-3H3. The summed E-state index contributed by atoms with van der Waals surface area (Å²) >= 11 is 0. The van der Waals surface area contributed by atoms with Gasteiger partial charge in [0.05, 0.1) is 6.20 Å². The van der Waals surface area contributed by atoms with Crippen molar-refractivity contribution in [1.29, 1.82) is 0 Å². The summed E-state index contributed by atoms with van der Waals surface area (Å²) in [5.41, 5.74) is 8.75. The zero-order chi connectivity index (χ0) is 15.0. The summed E-state index contributed by atoms with van der Waals surface area (Å²) in [5, 5.41) is 8.08. The smallest absolute Gasteiger partial charge is 0.263 e. The van der Waals surface area contributed by atoms with Crippen LogP contribution in [0.3, 0.4) is 0 Å². The molecule has 0 spiro atoms. The molecule has 0 fully saturated rings. The van der Waals surface area contributed by atoms with Crippen molar-refractivity contribution in [2.24, 2.45) is 7.05 Å². The Balaban J connectivity index is 1.93. The van der Waals surface area contributed by atoms with Crippen molar-refractivity contribution in [3.8, 4) is 22.8 Å². The summed E-state index contributed by atoms with van der Waals surface area (Å²) in [5.74, 6) is 1.92. The zero-order valence-corrected chi connectivity index (χ0v) is 12.2. The van der Waals surface area contributed by atoms with Crippen molar-refractivity contribution < 1.29 is 4.52 Å². The maximum atomic E-state index is 5.91. The lowest BCUT2D eigenvalue weighted by atomic mass is 10.0. The Hall–Kier alpha value is -2.63. The fourth-order valence-corrected chi connectivity index (χ4v) is 2.08. The molecule has 2 N–H and O–H groups in total. The summed E-state index contributed by atoms with van der Waals surface area (Å²) in [4.78, 5) is 4.39. The number of benzene rings is 1. The van der Waals surface area contributed by atoms with E-state index in [0.717, 1.165) is 5.56 Å². The van der Waals surface area contributed by atoms with Crippen LogP contribution in [0.1, 0.15) is 25.3 Å². The first-order chi connectivity index (χ1) is 10.1. The number of nitrogen functional groups attached to an aromatic ring is 1. The Kier molecular flexibility index (Phi) is 3.21. The lowest BCUT2D eigenvalue weighted by molar-refractivity contribution is 0.432. The minimum atomic E-state index is 0.378. The van der Waals surface area contributed by atoms with Crippen LogP contribution in [0.2, 0.25) is 0 Å². The molecule has 0 bridgehead atoms. The van der Waals surface area contributed by atoms with Crippen LogP contribution in [0, 0.1) is 0 Å². The molecular weight excluding hydrogens is 266 g/mol. The van der Waals surface area contributed by atoms with Crippen LogP contribution < -0.4 is 5.73 Å². The van der Waals surface area contributed by atoms with E-state index in [1.54, 1.807) is 17.9 Å². The molecule has 0 atom stereocenters. The first-order valence-electron chi connectivity index (χ1n) is 6.78. The van der Waals surface area contributed by atoms with Gasteiger partial charge < -0.3 is 10.3 Å². The number of anilines is 1. The van der Waals surface area contributed by atoms with E-state index in [1.165, 1.54) is 5.56 Å². The predicted octanol–water partition coefficient (Wildman–Crippen LogP) is 2.84. The average Bonchev–Trinajstić information content (AvgIpc) is 3.07. The molecule has 3 aromatic rings. The Morgan fingerprint density at radius 3 is 2.48 bits per heavy atom. The summed E-state index contributed by atoms with van der Waals surface area (Å²) in [6.07, 6.45) is 1.62. The van der Waals surface area contributed by atoms with E-state index >= 15 is 0 Å². The molecular formula is C15H17N5O. The highest BCUT2D eigenvalue weighted by Crippen LogP contribution is 2.26. The monoisotopic (exact) mass is 283 g/mol. The number of rotatable bonds is 3. The van der Waals surface area contributed by atoms with E-state index in [4.69, 9.17) is 10.3 Å². The average molecular weight is 283 g/mol. The minimum Gasteiger partial charge on any atom is -0.383 e. The lowest BCUT2D eigenvalue weighted by Crippen LogP contribution is -1.98. The minimum absolute atomic E-state index is 0.378. The molecule has 0 saturated heterocycles. The highest BCUT2D eigenvalue weighted by Gasteiger charge is 2.15. The molecule has 3 rings (SSSR count). The molecule has 6 nitrogen and oxygen atoms in total. The van der Waals surface area contributed by atoms with E-state index in [1.807, 2.05) is 12.1 Å². The van der Waals surface area contributed by atoms with Crippen LogP contribution in [0.15, 0.2) is 35.0 Å². The molecule has 0 aliphatic heterocycles. The van der Waals surface area contributed by atoms with Crippen LogP contribution in [0.4, 0.5) is 5.82 Å². The van der Waals surface area contributed by atoms with Crippen molar-refractivity contribution in [2.75, 3.05) is 5.73 Å². The van der Waals surface area contributed by atoms with Crippen molar-refractivity contribution in [3.05, 3.63) is 36.0 Å². The number of hydrogen-bond donors (Lipinski definition) is 1. The molecule has 0 amide bonds. The second-order valence-corrected chi connectivity index (χ2v) is 5.27. The number of aromatic nitrogens is 4. The molecule has 108 valence electrons. The SMILES string of the molecule is CC(C)c1ccc(-c2noc(-c3cnn(C)c3N)n2)cc1. The van der Waals surface area contributed by atoms with Crippen molar-refractivity contribution in [2.45, 2.75) is 19.8 Å². The van der Waals surface area contributed by atoms with Gasteiger partial charge in [0.1, 0.15) is 11.4 Å². The quantitative estimate of drug-likeness (QED) is 0.799. The maximum absolute atomic E-state index is 5.91. The topological polar surface area (TPSA) is 82.8 Å². The molecule has 21 heavy (non-hydrogen) atoms. The highest BCUT2D eigenvalue weighted by atomic mass is 16.5. The van der Waals surface area contributed by atoms with Gasteiger partial charge in [-0.15, -0.1) is 0 Å². The Morgan fingerprint density at radius 1 is 1.19 bits per heavy atom. The second-order valence-electron chi connectivity index (χ2n) is 5.27. The van der Waals surface area contributed by atoms with Gasteiger partial charge in [-0.2, -0.15) is 10.1 Å². The number of hydrogen-bond acceptors (Lipinski definition) is 5. The normalized spacial score (nSPS) is 11.2. The van der Waals surface area contributed by atoms with Gasteiger partial charge in [0, 0.05) is 12.6 Å². The molecule has 0 unspecified atom stereocenters. The van der Waals surface area contributed by atoms with Crippen LogP contribution in [0.25, 0.3) is 22.8 Å². The van der Waals surface area contributed by atoms with E-state index in [2.05, 4.69) is 41.2 Å². The Morgan fingerprint density at radius 2 is 1.90 bits per heavy atom. The maximum Gasteiger partial charge on any atom is 0.263 e. The van der Waals surface area contributed by atoms with Gasteiger partial charge in [-0.25, -0.2) is 0 Å². The second kappa shape index (κ2) is 5.05. The van der Waals surface area contributed by atoms with E-state index in [-0.39, 0.29) is 0 Å². The summed E-state index contributed by atoms with van der Waals surface area (Å²) in [6.45, 7) is 4.32. The molecule has 0 aliphatic rings. The highest BCUT2D eigenvalue weighted by molar-refractivity contribution is 5.68. The van der Waals surface area contributed by atoms with E-state index in [9.17, 15) is 0 Å². The van der Waals surface area contributed by atoms with E-state index in [0.29, 0.717) is 29.0 Å². The van der Waals surface area contributed by atoms with Crippen LogP contribution in [-0.4, -0.2) is 19.9 Å². The van der Waals surface area contributed by atoms with Gasteiger partial charge in [0.15, 0.2) is 0 Å². The third kappa shape index (κ3) is 2.40. The largest absolute Gasteiger partial charge is 0.383 e. The van der Waals surface area contributed by atoms with Crippen molar-refractivity contribution in [3.63, 3.8) is 0 Å². The number of aryl methyl sites for hydroxylation is 1. The third-order valence-electron chi connectivity index (χ3n) is 3.48. The molecule has 2 aromatic heterocycles. The first-order valence-corrected chi connectivity index (χ1v) is 6.78. The summed E-state index contributed by atoms with van der Waals surface area (Å²) in [7, 11) is 1.76. The number of nitrogens with zero attached hydrogens (tertiary/aromatic N) is 4. The van der Waals surface area contributed by atoms with Crippen LogP contribution in [-0.2, 0) is 7.05 Å². The van der Waals surface area contributed by atoms with Gasteiger partial charge in [-0.3, -0.25) is 4.68 Å². The fourth-order valence-electron chi connectivity index (χ4n) is 2.08. The zero-order valence-electron chi connectivity index (χ0n) is 12.2. The van der Waals surface area contributed by atoms with Gasteiger partial charge in [-0.1, -0.05) is 43.3 Å². The summed E-state index contributed by atoms with van der Waals surface area (Å²) in [6, 6.07) is 8.15. The first kappa shape index (κ1) is 13.4. The molecule has 0 radical (unpaired) electrons. The molecule has 2 heterocycles. The van der Waals surface area contributed by atoms with Gasteiger partial charge in [0.25, 0.3) is 5.89 Å². The molecule has 1 aromatic carbocycles. The molecule has 6 heteroatoms. The van der Waals surface area contributed by atoms with Crippen molar-refractivity contribution >= 4 is 5.82 Å². The summed E-state index contributed by atoms with van der Waals surface area (Å²) < 4.78 is 6.85. The van der Waals surface area contributed by atoms with E-state index < -0.39 is 0 Å². The fraction of sp³-hybridized carbons (Fsp3) is 0.267. The van der Waals surface area contributed by atoms with Crippen molar-refractivity contribution in [1.82, 2.24) is 19.9 Å². The Bertz CT molecular complexity index is 755. The van der Waals surface area contributed by atoms with Gasteiger partial charge in [-0.05, 0) is 11.5 Å².